The first-order valence-corrected chi connectivity index (χ1v) is 5.13. The molecule has 0 fully saturated rings. The van der Waals surface area contributed by atoms with Crippen LogP contribution in [0.2, 0.25) is 5.02 Å². The fraction of sp³-hybridized carbons (Fsp3) is 0.182. The van der Waals surface area contributed by atoms with E-state index in [9.17, 15) is 4.39 Å². The van der Waals surface area contributed by atoms with Crippen molar-refractivity contribution in [3.8, 4) is 11.3 Å². The average Bonchev–Trinajstić information content (AvgIpc) is 2.71. The molecule has 0 saturated carbocycles. The zero-order valence-corrected chi connectivity index (χ0v) is 9.33. The van der Waals surface area contributed by atoms with E-state index < -0.39 is 5.82 Å². The minimum absolute atomic E-state index is 0.0521. The second-order valence-electron chi connectivity index (χ2n) is 3.45. The van der Waals surface area contributed by atoms with E-state index in [1.165, 1.54) is 12.3 Å². The third-order valence-electron chi connectivity index (χ3n) is 2.13. The van der Waals surface area contributed by atoms with Gasteiger partial charge in [0.05, 0.1) is 22.8 Å². The molecule has 16 heavy (non-hydrogen) atoms. The molecule has 84 valence electrons. The Morgan fingerprint density at radius 2 is 2.25 bits per heavy atom. The largest absolute Gasteiger partial charge is 0.439 e. The third-order valence-corrected chi connectivity index (χ3v) is 2.42. The lowest BCUT2D eigenvalue weighted by atomic mass is 10.2. The molecule has 0 spiro atoms. The molecule has 2 aromatic rings. The highest BCUT2D eigenvalue weighted by Crippen LogP contribution is 2.28. The molecule has 0 saturated heterocycles. The number of rotatable bonds is 2. The van der Waals surface area contributed by atoms with Gasteiger partial charge in [-0.2, -0.15) is 0 Å². The summed E-state index contributed by atoms with van der Waals surface area (Å²) in [6.07, 6.45) is 1.44. The molecule has 2 rings (SSSR count). The number of oxazole rings is 1. The topological polar surface area (TPSA) is 52.0 Å². The second-order valence-corrected chi connectivity index (χ2v) is 3.86. The number of nitrogens with zero attached hydrogens (tertiary/aromatic N) is 1. The van der Waals surface area contributed by atoms with E-state index in [1.54, 1.807) is 19.1 Å². The minimum atomic E-state index is -0.517. The highest BCUT2D eigenvalue weighted by Gasteiger charge is 2.14. The van der Waals surface area contributed by atoms with Crippen molar-refractivity contribution < 1.29 is 8.81 Å². The summed E-state index contributed by atoms with van der Waals surface area (Å²) in [5.41, 5.74) is 5.88. The van der Waals surface area contributed by atoms with Crippen LogP contribution < -0.4 is 5.73 Å². The van der Waals surface area contributed by atoms with Crippen molar-refractivity contribution in [2.24, 2.45) is 5.73 Å². The number of aromatic nitrogens is 1. The molecule has 1 atom stereocenters. The molecule has 0 radical (unpaired) electrons. The van der Waals surface area contributed by atoms with Crippen LogP contribution in [0.25, 0.3) is 11.3 Å². The summed E-state index contributed by atoms with van der Waals surface area (Å²) >= 11 is 5.67. The molecule has 1 aromatic heterocycles. The predicted molar refractivity (Wildman–Crippen MR) is 59.5 cm³/mol. The average molecular weight is 241 g/mol. The Morgan fingerprint density at radius 1 is 1.50 bits per heavy atom. The first-order chi connectivity index (χ1) is 7.59. The normalized spacial score (nSPS) is 12.8. The first-order valence-electron chi connectivity index (χ1n) is 4.75. The maximum Gasteiger partial charge on any atom is 0.211 e. The predicted octanol–water partition coefficient (Wildman–Crippen LogP) is 3.15. The number of halogens is 2. The van der Waals surface area contributed by atoms with Gasteiger partial charge in [-0.15, -0.1) is 0 Å². The van der Waals surface area contributed by atoms with Crippen LogP contribution in [-0.2, 0) is 0 Å². The Kier molecular flexibility index (Phi) is 2.94. The zero-order chi connectivity index (χ0) is 11.7. The van der Waals surface area contributed by atoms with E-state index in [1.807, 2.05) is 0 Å². The van der Waals surface area contributed by atoms with E-state index in [0.717, 1.165) is 0 Å². The molecule has 1 unspecified atom stereocenters. The third kappa shape index (κ3) is 1.94. The molecule has 0 aliphatic rings. The molecule has 1 aromatic carbocycles. The number of benzene rings is 1. The van der Waals surface area contributed by atoms with E-state index in [0.29, 0.717) is 11.7 Å². The van der Waals surface area contributed by atoms with E-state index in [2.05, 4.69) is 4.98 Å². The van der Waals surface area contributed by atoms with Gasteiger partial charge in [-0.1, -0.05) is 17.7 Å². The molecule has 5 heteroatoms. The van der Waals surface area contributed by atoms with E-state index >= 15 is 0 Å². The van der Waals surface area contributed by atoms with Gasteiger partial charge in [0.1, 0.15) is 0 Å². The Morgan fingerprint density at radius 3 is 2.88 bits per heavy atom. The molecular formula is C11H10ClFN2O. The molecule has 2 N–H and O–H groups in total. The highest BCUT2D eigenvalue weighted by atomic mass is 35.5. The molecule has 0 aliphatic heterocycles. The minimum Gasteiger partial charge on any atom is -0.439 e. The SMILES string of the molecule is CC(N)c1ncc(-c2cccc(Cl)c2F)o1. The number of hydrogen-bond acceptors (Lipinski definition) is 3. The summed E-state index contributed by atoms with van der Waals surface area (Å²) in [5.74, 6) is 0.179. The van der Waals surface area contributed by atoms with Crippen LogP contribution in [0.3, 0.4) is 0 Å². The molecule has 3 nitrogen and oxygen atoms in total. The van der Waals surface area contributed by atoms with Crippen molar-refractivity contribution >= 4 is 11.6 Å². The number of hydrogen-bond donors (Lipinski definition) is 1. The summed E-state index contributed by atoms with van der Waals surface area (Å²) < 4.78 is 19.0. The van der Waals surface area contributed by atoms with Gasteiger partial charge in [0.25, 0.3) is 0 Å². The Hall–Kier alpha value is -1.39. The second kappa shape index (κ2) is 4.23. The van der Waals surface area contributed by atoms with Gasteiger partial charge in [-0.05, 0) is 19.1 Å². The Balaban J connectivity index is 2.47. The molecule has 0 bridgehead atoms. The van der Waals surface area contributed by atoms with Gasteiger partial charge in [0, 0.05) is 0 Å². The fourth-order valence-corrected chi connectivity index (χ4v) is 1.49. The van der Waals surface area contributed by atoms with Crippen LogP contribution >= 0.6 is 11.6 Å². The zero-order valence-electron chi connectivity index (χ0n) is 8.58. The Bertz CT molecular complexity index is 510. The van der Waals surface area contributed by atoms with Crippen molar-refractivity contribution in [3.63, 3.8) is 0 Å². The maximum absolute atomic E-state index is 13.6. The number of nitrogens with two attached hydrogens (primary N) is 1. The highest BCUT2D eigenvalue weighted by molar-refractivity contribution is 6.31. The van der Waals surface area contributed by atoms with Crippen LogP contribution in [0, 0.1) is 5.82 Å². The first kappa shape index (κ1) is 11.1. The lowest BCUT2D eigenvalue weighted by Gasteiger charge is -2.01. The summed E-state index contributed by atoms with van der Waals surface area (Å²) in [7, 11) is 0. The van der Waals surface area contributed by atoms with Crippen LogP contribution in [0.4, 0.5) is 4.39 Å². The van der Waals surface area contributed by atoms with Gasteiger partial charge in [-0.25, -0.2) is 9.37 Å². The standard InChI is InChI=1S/C11H10ClFN2O/c1-6(14)11-15-5-9(16-11)7-3-2-4-8(12)10(7)13/h2-6H,14H2,1H3. The van der Waals surface area contributed by atoms with Crippen molar-refractivity contribution in [2.75, 3.05) is 0 Å². The van der Waals surface area contributed by atoms with Crippen LogP contribution in [0.1, 0.15) is 18.9 Å². The summed E-state index contributed by atoms with van der Waals surface area (Å²) in [5, 5.41) is 0.0521. The monoisotopic (exact) mass is 240 g/mol. The Labute approximate surface area is 97.0 Å². The smallest absolute Gasteiger partial charge is 0.211 e. The van der Waals surface area contributed by atoms with Gasteiger partial charge in [0.2, 0.25) is 5.89 Å². The van der Waals surface area contributed by atoms with Gasteiger partial charge in [-0.3, -0.25) is 0 Å². The maximum atomic E-state index is 13.6. The van der Waals surface area contributed by atoms with Crippen LogP contribution in [-0.4, -0.2) is 4.98 Å². The quantitative estimate of drug-likeness (QED) is 0.877. The van der Waals surface area contributed by atoms with Crippen molar-refractivity contribution in [1.29, 1.82) is 0 Å². The van der Waals surface area contributed by atoms with Gasteiger partial charge >= 0.3 is 0 Å². The van der Waals surface area contributed by atoms with Crippen LogP contribution in [0.15, 0.2) is 28.8 Å². The van der Waals surface area contributed by atoms with Crippen LogP contribution in [0.5, 0.6) is 0 Å². The summed E-state index contributed by atoms with van der Waals surface area (Å²) in [6, 6.07) is 4.38. The lowest BCUT2D eigenvalue weighted by molar-refractivity contribution is 0.471. The summed E-state index contributed by atoms with van der Waals surface area (Å²) in [4.78, 5) is 3.96. The molecular weight excluding hydrogens is 231 g/mol. The van der Waals surface area contributed by atoms with Gasteiger partial charge < -0.3 is 10.2 Å². The fourth-order valence-electron chi connectivity index (χ4n) is 1.32. The van der Waals surface area contributed by atoms with E-state index in [-0.39, 0.29) is 16.6 Å². The molecule has 0 amide bonds. The molecule has 0 aliphatic carbocycles. The lowest BCUT2D eigenvalue weighted by Crippen LogP contribution is -2.04. The van der Waals surface area contributed by atoms with Gasteiger partial charge in [0.15, 0.2) is 11.6 Å². The van der Waals surface area contributed by atoms with Crippen molar-refractivity contribution in [1.82, 2.24) is 4.98 Å². The van der Waals surface area contributed by atoms with Crippen molar-refractivity contribution in [3.05, 3.63) is 41.1 Å². The van der Waals surface area contributed by atoms with E-state index in [4.69, 9.17) is 21.8 Å². The summed E-state index contributed by atoms with van der Waals surface area (Å²) in [6.45, 7) is 1.74. The van der Waals surface area contributed by atoms with Crippen molar-refractivity contribution in [2.45, 2.75) is 13.0 Å². The molecule has 1 heterocycles.